The molecule has 3 nitrogen and oxygen atoms in total. The number of hydrogen-bond acceptors (Lipinski definition) is 3. The predicted molar refractivity (Wildman–Crippen MR) is 71.8 cm³/mol. The van der Waals surface area contributed by atoms with E-state index in [1.165, 1.54) is 24.3 Å². The van der Waals surface area contributed by atoms with Crippen molar-refractivity contribution in [1.82, 2.24) is 0 Å². The van der Waals surface area contributed by atoms with E-state index in [0.717, 1.165) is 11.1 Å². The van der Waals surface area contributed by atoms with Gasteiger partial charge in [0.25, 0.3) is 0 Å². The molecule has 0 atom stereocenters. The molecule has 2 rings (SSSR count). The summed E-state index contributed by atoms with van der Waals surface area (Å²) in [5.74, 6) is 0.175. The first-order chi connectivity index (χ1) is 9.98. The van der Waals surface area contributed by atoms with Crippen LogP contribution in [-0.4, -0.2) is 6.36 Å². The van der Waals surface area contributed by atoms with E-state index < -0.39 is 6.36 Å². The maximum atomic E-state index is 12.0. The van der Waals surface area contributed by atoms with Crippen molar-refractivity contribution >= 4 is 0 Å². The van der Waals surface area contributed by atoms with Gasteiger partial charge in [0.15, 0.2) is 0 Å². The maximum absolute atomic E-state index is 12.0. The van der Waals surface area contributed by atoms with E-state index in [4.69, 9.17) is 10.5 Å². The van der Waals surface area contributed by atoms with E-state index in [2.05, 4.69) is 4.74 Å². The number of benzene rings is 2. The van der Waals surface area contributed by atoms with Crippen LogP contribution in [0.3, 0.4) is 0 Å². The molecule has 0 saturated carbocycles. The first-order valence-electron chi connectivity index (χ1n) is 6.23. The van der Waals surface area contributed by atoms with Gasteiger partial charge in [-0.15, -0.1) is 13.2 Å². The molecule has 0 bridgehead atoms. The molecule has 0 fully saturated rings. The van der Waals surface area contributed by atoms with Gasteiger partial charge in [-0.2, -0.15) is 0 Å². The number of nitrogens with two attached hydrogens (primary N) is 1. The van der Waals surface area contributed by atoms with E-state index in [1.54, 1.807) is 0 Å². The van der Waals surface area contributed by atoms with E-state index >= 15 is 0 Å². The fraction of sp³-hybridized carbons (Fsp3) is 0.200. The molecule has 0 unspecified atom stereocenters. The number of halogens is 3. The fourth-order valence-electron chi connectivity index (χ4n) is 1.80. The minimum Gasteiger partial charge on any atom is -0.489 e. The highest BCUT2D eigenvalue weighted by atomic mass is 19.4. The normalized spacial score (nSPS) is 11.2. The average Bonchev–Trinajstić information content (AvgIpc) is 2.45. The zero-order valence-corrected chi connectivity index (χ0v) is 11.1. The Balaban J connectivity index is 1.98. The molecule has 0 aromatic heterocycles. The van der Waals surface area contributed by atoms with Crippen molar-refractivity contribution in [3.8, 4) is 11.5 Å². The second-order valence-electron chi connectivity index (χ2n) is 4.28. The molecule has 0 saturated heterocycles. The first kappa shape index (κ1) is 15.2. The Bertz CT molecular complexity index is 582. The summed E-state index contributed by atoms with van der Waals surface area (Å²) in [6.45, 7) is 0.699. The van der Waals surface area contributed by atoms with Crippen LogP contribution in [0.4, 0.5) is 13.2 Å². The van der Waals surface area contributed by atoms with Crippen LogP contribution in [-0.2, 0) is 13.2 Å². The molecule has 21 heavy (non-hydrogen) atoms. The molecule has 0 aliphatic carbocycles. The van der Waals surface area contributed by atoms with E-state index in [0.29, 0.717) is 18.9 Å². The molecule has 6 heteroatoms. The predicted octanol–water partition coefficient (Wildman–Crippen LogP) is 3.62. The van der Waals surface area contributed by atoms with Gasteiger partial charge in [0.2, 0.25) is 0 Å². The van der Waals surface area contributed by atoms with Crippen molar-refractivity contribution in [2.45, 2.75) is 19.5 Å². The highest BCUT2D eigenvalue weighted by molar-refractivity contribution is 5.32. The monoisotopic (exact) mass is 297 g/mol. The van der Waals surface area contributed by atoms with Crippen molar-refractivity contribution in [3.05, 3.63) is 59.7 Å². The Morgan fingerprint density at radius 3 is 2.00 bits per heavy atom. The SMILES string of the molecule is NCc1ccccc1COc1ccc(OC(F)(F)F)cc1. The second kappa shape index (κ2) is 6.49. The van der Waals surface area contributed by atoms with Gasteiger partial charge in [-0.3, -0.25) is 0 Å². The Kier molecular flexibility index (Phi) is 4.70. The third kappa shape index (κ3) is 4.68. The summed E-state index contributed by atoms with van der Waals surface area (Å²) in [5, 5.41) is 0. The third-order valence-electron chi connectivity index (χ3n) is 2.79. The Hall–Kier alpha value is -2.21. The van der Waals surface area contributed by atoms with Gasteiger partial charge in [-0.05, 0) is 35.4 Å². The first-order valence-corrected chi connectivity index (χ1v) is 6.23. The van der Waals surface area contributed by atoms with Gasteiger partial charge in [0.1, 0.15) is 18.1 Å². The van der Waals surface area contributed by atoms with Crippen molar-refractivity contribution < 1.29 is 22.6 Å². The zero-order valence-electron chi connectivity index (χ0n) is 11.1. The summed E-state index contributed by atoms with van der Waals surface area (Å²) in [4.78, 5) is 0. The number of alkyl halides is 3. The highest BCUT2D eigenvalue weighted by Crippen LogP contribution is 2.25. The lowest BCUT2D eigenvalue weighted by atomic mass is 10.1. The fourth-order valence-corrected chi connectivity index (χ4v) is 1.80. The second-order valence-corrected chi connectivity index (χ2v) is 4.28. The van der Waals surface area contributed by atoms with Crippen molar-refractivity contribution in [2.24, 2.45) is 5.73 Å². The summed E-state index contributed by atoms with van der Waals surface area (Å²) in [5.41, 5.74) is 7.53. The third-order valence-corrected chi connectivity index (χ3v) is 2.79. The number of hydrogen-bond donors (Lipinski definition) is 1. The van der Waals surface area contributed by atoms with Crippen LogP contribution in [0.2, 0.25) is 0 Å². The van der Waals surface area contributed by atoms with Crippen LogP contribution < -0.4 is 15.2 Å². The van der Waals surface area contributed by atoms with Crippen LogP contribution in [0.5, 0.6) is 11.5 Å². The Morgan fingerprint density at radius 2 is 1.43 bits per heavy atom. The topological polar surface area (TPSA) is 44.5 Å². The molecule has 2 aromatic carbocycles. The quantitative estimate of drug-likeness (QED) is 0.916. The van der Waals surface area contributed by atoms with E-state index in [9.17, 15) is 13.2 Å². The summed E-state index contributed by atoms with van der Waals surface area (Å²) < 4.78 is 45.4. The highest BCUT2D eigenvalue weighted by Gasteiger charge is 2.30. The Morgan fingerprint density at radius 1 is 0.857 bits per heavy atom. The summed E-state index contributed by atoms with van der Waals surface area (Å²) >= 11 is 0. The zero-order chi connectivity index (χ0) is 15.3. The van der Waals surface area contributed by atoms with Crippen LogP contribution in [0.15, 0.2) is 48.5 Å². The van der Waals surface area contributed by atoms with Crippen molar-refractivity contribution in [2.75, 3.05) is 0 Å². The van der Waals surface area contributed by atoms with E-state index in [-0.39, 0.29) is 5.75 Å². The summed E-state index contributed by atoms with van der Waals surface area (Å²) in [6, 6.07) is 12.8. The molecule has 0 heterocycles. The van der Waals surface area contributed by atoms with Crippen LogP contribution in [0.25, 0.3) is 0 Å². The van der Waals surface area contributed by atoms with Crippen molar-refractivity contribution in [3.63, 3.8) is 0 Å². The standard InChI is InChI=1S/C15H14F3NO2/c16-15(17,18)21-14-7-5-13(6-8-14)20-10-12-4-2-1-3-11(12)9-19/h1-8H,9-10,19H2. The summed E-state index contributed by atoms with van der Waals surface area (Å²) in [6.07, 6.45) is -4.69. The molecule has 0 aliphatic rings. The number of ether oxygens (including phenoxy) is 2. The molecule has 0 radical (unpaired) electrons. The lowest BCUT2D eigenvalue weighted by Crippen LogP contribution is -2.16. The lowest BCUT2D eigenvalue weighted by molar-refractivity contribution is -0.274. The smallest absolute Gasteiger partial charge is 0.489 e. The van der Waals surface area contributed by atoms with Crippen LogP contribution in [0.1, 0.15) is 11.1 Å². The van der Waals surface area contributed by atoms with Gasteiger partial charge < -0.3 is 15.2 Å². The molecule has 2 aromatic rings. The summed E-state index contributed by atoms with van der Waals surface area (Å²) in [7, 11) is 0. The van der Waals surface area contributed by atoms with Gasteiger partial charge in [0, 0.05) is 6.54 Å². The molecule has 0 spiro atoms. The van der Waals surface area contributed by atoms with E-state index in [1.807, 2.05) is 24.3 Å². The van der Waals surface area contributed by atoms with Gasteiger partial charge in [0.05, 0.1) is 0 Å². The minimum absolute atomic E-state index is 0.280. The molecule has 0 aliphatic heterocycles. The van der Waals surface area contributed by atoms with Gasteiger partial charge in [-0.25, -0.2) is 0 Å². The average molecular weight is 297 g/mol. The lowest BCUT2D eigenvalue weighted by Gasteiger charge is -2.11. The van der Waals surface area contributed by atoms with Crippen molar-refractivity contribution in [1.29, 1.82) is 0 Å². The molecule has 0 amide bonds. The van der Waals surface area contributed by atoms with Gasteiger partial charge >= 0.3 is 6.36 Å². The Labute approximate surface area is 120 Å². The molecule has 112 valence electrons. The van der Waals surface area contributed by atoms with Gasteiger partial charge in [-0.1, -0.05) is 24.3 Å². The molecular weight excluding hydrogens is 283 g/mol. The molecular formula is C15H14F3NO2. The maximum Gasteiger partial charge on any atom is 0.573 e. The minimum atomic E-state index is -4.69. The largest absolute Gasteiger partial charge is 0.573 e. The van der Waals surface area contributed by atoms with Crippen LogP contribution >= 0.6 is 0 Å². The number of rotatable bonds is 5. The van der Waals surface area contributed by atoms with Crippen LogP contribution in [0, 0.1) is 0 Å². The molecule has 2 N–H and O–H groups in total.